The molecule has 7 rings (SSSR count). The standard InChI is InChI=1S/C30H23ClS2/c1-16-13-26-24(20-8-5-6-10-25(20)32-26)15-23(16)18-11-12-22-27(14-18)33-30-21-9-4-3-7-19(21)17(2)29(31)28(22)30/h3-12,14-17,29H,13H2,1-2H3. The van der Waals surface area contributed by atoms with Crippen molar-refractivity contribution in [3.05, 3.63) is 93.9 Å². The Hall–Kier alpha value is -2.39. The zero-order valence-corrected chi connectivity index (χ0v) is 21.0. The molecule has 3 heteroatoms. The first-order chi connectivity index (χ1) is 16.1. The molecule has 0 bridgehead atoms. The molecule has 5 aromatic rings. The molecule has 0 nitrogen and oxygen atoms in total. The highest BCUT2D eigenvalue weighted by molar-refractivity contribution is 7.22. The molecule has 2 aromatic heterocycles. The van der Waals surface area contributed by atoms with Crippen LogP contribution in [-0.2, 0) is 6.42 Å². The zero-order chi connectivity index (χ0) is 22.3. The maximum Gasteiger partial charge on any atom is 0.0671 e. The minimum absolute atomic E-state index is 0.0158. The van der Waals surface area contributed by atoms with Crippen molar-refractivity contribution in [1.29, 1.82) is 0 Å². The Kier molecular flexibility index (Phi) is 4.43. The SMILES string of the molecule is CC1Cc2sc3ccccc3c2C=C1c1ccc2c3c(sc2c1)-c1ccccc1C(C)C3Cl. The second kappa shape index (κ2) is 7.30. The van der Waals surface area contributed by atoms with Crippen LogP contribution >= 0.6 is 34.3 Å². The lowest BCUT2D eigenvalue weighted by Crippen LogP contribution is -2.09. The van der Waals surface area contributed by atoms with Crippen LogP contribution in [0, 0.1) is 5.92 Å². The summed E-state index contributed by atoms with van der Waals surface area (Å²) >= 11 is 10.9. The average Bonchev–Trinajstić information content (AvgIpc) is 3.39. The molecule has 3 aromatic carbocycles. The molecular weight excluding hydrogens is 460 g/mol. The van der Waals surface area contributed by atoms with E-state index in [4.69, 9.17) is 11.6 Å². The quantitative estimate of drug-likeness (QED) is 0.208. The second-order valence-electron chi connectivity index (χ2n) is 9.47. The van der Waals surface area contributed by atoms with E-state index in [1.54, 1.807) is 0 Å². The van der Waals surface area contributed by atoms with Crippen LogP contribution in [0.4, 0.5) is 0 Å². The van der Waals surface area contributed by atoms with E-state index in [-0.39, 0.29) is 5.38 Å². The van der Waals surface area contributed by atoms with Crippen molar-refractivity contribution in [1.82, 2.24) is 0 Å². The molecule has 0 radical (unpaired) electrons. The molecular formula is C30H23ClS2. The van der Waals surface area contributed by atoms with Gasteiger partial charge < -0.3 is 0 Å². The van der Waals surface area contributed by atoms with Crippen molar-refractivity contribution in [3.8, 4) is 10.4 Å². The number of alkyl halides is 1. The Morgan fingerprint density at radius 1 is 0.848 bits per heavy atom. The van der Waals surface area contributed by atoms with E-state index in [1.165, 1.54) is 63.3 Å². The first-order valence-corrected chi connectivity index (χ1v) is 13.7. The summed E-state index contributed by atoms with van der Waals surface area (Å²) in [6.07, 6.45) is 3.58. The Bertz CT molecular complexity index is 1600. The van der Waals surface area contributed by atoms with Gasteiger partial charge in [0.2, 0.25) is 0 Å². The smallest absolute Gasteiger partial charge is 0.0671 e. The molecule has 162 valence electrons. The third-order valence-corrected chi connectivity index (χ3v) is 10.5. The van der Waals surface area contributed by atoms with Crippen molar-refractivity contribution in [2.45, 2.75) is 31.6 Å². The topological polar surface area (TPSA) is 0 Å². The van der Waals surface area contributed by atoms with Crippen LogP contribution in [0.15, 0.2) is 66.7 Å². The number of fused-ring (bicyclic) bond motifs is 8. The summed E-state index contributed by atoms with van der Waals surface area (Å²) in [5, 5.41) is 2.73. The lowest BCUT2D eigenvalue weighted by atomic mass is 9.81. The molecule has 0 aliphatic heterocycles. The number of halogens is 1. The Labute approximate surface area is 207 Å². The number of benzene rings is 3. The van der Waals surface area contributed by atoms with E-state index in [2.05, 4.69) is 86.7 Å². The fourth-order valence-electron chi connectivity index (χ4n) is 5.76. The molecule has 3 atom stereocenters. The highest BCUT2D eigenvalue weighted by atomic mass is 35.5. The van der Waals surface area contributed by atoms with Crippen molar-refractivity contribution < 1.29 is 0 Å². The van der Waals surface area contributed by atoms with Gasteiger partial charge in [-0.05, 0) is 74.7 Å². The van der Waals surface area contributed by atoms with Crippen molar-refractivity contribution in [2.75, 3.05) is 0 Å². The lowest BCUT2D eigenvalue weighted by molar-refractivity contribution is 0.729. The number of hydrogen-bond donors (Lipinski definition) is 0. The number of allylic oxidation sites excluding steroid dienone is 1. The Morgan fingerprint density at radius 3 is 2.58 bits per heavy atom. The van der Waals surface area contributed by atoms with E-state index >= 15 is 0 Å². The third-order valence-electron chi connectivity index (χ3n) is 7.51. The van der Waals surface area contributed by atoms with E-state index in [0.29, 0.717) is 11.8 Å². The number of rotatable bonds is 1. The number of thiophene rings is 2. The molecule has 0 saturated carbocycles. The van der Waals surface area contributed by atoms with Gasteiger partial charge >= 0.3 is 0 Å². The summed E-state index contributed by atoms with van der Waals surface area (Å²) in [5.41, 5.74) is 8.29. The maximum absolute atomic E-state index is 7.05. The van der Waals surface area contributed by atoms with Gasteiger partial charge in [-0.1, -0.05) is 68.4 Å². The minimum Gasteiger partial charge on any atom is -0.140 e. The van der Waals surface area contributed by atoms with Crippen molar-refractivity contribution in [3.63, 3.8) is 0 Å². The predicted molar refractivity (Wildman–Crippen MR) is 147 cm³/mol. The largest absolute Gasteiger partial charge is 0.140 e. The van der Waals surface area contributed by atoms with E-state index in [1.807, 2.05) is 22.7 Å². The molecule has 2 aliphatic rings. The van der Waals surface area contributed by atoms with Crippen molar-refractivity contribution in [2.24, 2.45) is 5.92 Å². The fourth-order valence-corrected chi connectivity index (χ4v) is 8.83. The van der Waals surface area contributed by atoms with Gasteiger partial charge in [0.15, 0.2) is 0 Å². The Balaban J connectivity index is 1.40. The van der Waals surface area contributed by atoms with Gasteiger partial charge in [0.25, 0.3) is 0 Å². The predicted octanol–water partition coefficient (Wildman–Crippen LogP) is 9.91. The molecule has 0 amide bonds. The van der Waals surface area contributed by atoms with Crippen LogP contribution in [0.3, 0.4) is 0 Å². The van der Waals surface area contributed by atoms with E-state index < -0.39 is 0 Å². The first-order valence-electron chi connectivity index (χ1n) is 11.6. The van der Waals surface area contributed by atoms with Crippen LogP contribution < -0.4 is 0 Å². The van der Waals surface area contributed by atoms with Gasteiger partial charge in [-0.15, -0.1) is 34.3 Å². The molecule has 33 heavy (non-hydrogen) atoms. The average molecular weight is 483 g/mol. The summed E-state index contributed by atoms with van der Waals surface area (Å²) in [4.78, 5) is 2.88. The number of hydrogen-bond acceptors (Lipinski definition) is 2. The van der Waals surface area contributed by atoms with Crippen LogP contribution in [-0.4, -0.2) is 0 Å². The second-order valence-corrected chi connectivity index (χ2v) is 12.1. The normalized spacial score (nSPS) is 21.5. The molecule has 2 aliphatic carbocycles. The van der Waals surface area contributed by atoms with Gasteiger partial charge in [-0.25, -0.2) is 0 Å². The van der Waals surface area contributed by atoms with Gasteiger partial charge in [0, 0.05) is 25.1 Å². The van der Waals surface area contributed by atoms with Crippen LogP contribution in [0.5, 0.6) is 0 Å². The lowest BCUT2D eigenvalue weighted by Gasteiger charge is -2.27. The first kappa shape index (κ1) is 20.0. The summed E-state index contributed by atoms with van der Waals surface area (Å²) < 4.78 is 2.75. The summed E-state index contributed by atoms with van der Waals surface area (Å²) in [7, 11) is 0. The third kappa shape index (κ3) is 2.87. The van der Waals surface area contributed by atoms with Crippen LogP contribution in [0.2, 0.25) is 0 Å². The molecule has 0 saturated heterocycles. The highest BCUT2D eigenvalue weighted by Crippen LogP contribution is 2.55. The highest BCUT2D eigenvalue weighted by Gasteiger charge is 2.33. The van der Waals surface area contributed by atoms with Crippen LogP contribution in [0.1, 0.15) is 52.3 Å². The molecule has 0 fully saturated rings. The van der Waals surface area contributed by atoms with Gasteiger partial charge in [0.05, 0.1) is 5.38 Å². The molecule has 3 unspecified atom stereocenters. The monoisotopic (exact) mass is 482 g/mol. The molecule has 0 N–H and O–H groups in total. The van der Waals surface area contributed by atoms with Gasteiger partial charge in [-0.3, -0.25) is 0 Å². The minimum atomic E-state index is 0.0158. The summed E-state index contributed by atoms with van der Waals surface area (Å²) in [6, 6.07) is 24.7. The van der Waals surface area contributed by atoms with E-state index in [0.717, 1.165) is 6.42 Å². The Morgan fingerprint density at radius 2 is 1.67 bits per heavy atom. The van der Waals surface area contributed by atoms with Gasteiger partial charge in [0.1, 0.15) is 0 Å². The summed E-state index contributed by atoms with van der Waals surface area (Å²) in [6.45, 7) is 4.63. The molecule has 0 spiro atoms. The maximum atomic E-state index is 7.05. The molecule has 2 heterocycles. The fraction of sp³-hybridized carbons (Fsp3) is 0.200. The summed E-state index contributed by atoms with van der Waals surface area (Å²) in [5.74, 6) is 0.832. The van der Waals surface area contributed by atoms with E-state index in [9.17, 15) is 0 Å². The van der Waals surface area contributed by atoms with Gasteiger partial charge in [-0.2, -0.15) is 0 Å². The van der Waals surface area contributed by atoms with Crippen molar-refractivity contribution >= 4 is 66.1 Å². The van der Waals surface area contributed by atoms with Crippen LogP contribution in [0.25, 0.3) is 42.3 Å². The zero-order valence-electron chi connectivity index (χ0n) is 18.6.